The van der Waals surface area contributed by atoms with Crippen LogP contribution in [0.1, 0.15) is 6.92 Å². The monoisotopic (exact) mass is 221 g/mol. The normalized spacial score (nSPS) is 11.4. The van der Waals surface area contributed by atoms with E-state index in [9.17, 15) is 9.18 Å². The Labute approximate surface area is 93.3 Å². The van der Waals surface area contributed by atoms with Gasteiger partial charge in [0.05, 0.1) is 6.07 Å². The van der Waals surface area contributed by atoms with Gasteiger partial charge >= 0.3 is 6.03 Å². The van der Waals surface area contributed by atoms with Gasteiger partial charge in [0.2, 0.25) is 0 Å². The summed E-state index contributed by atoms with van der Waals surface area (Å²) in [6.07, 6.45) is 0. The zero-order valence-electron chi connectivity index (χ0n) is 9.07. The Balaban J connectivity index is 2.69. The molecule has 5 heteroatoms. The summed E-state index contributed by atoms with van der Waals surface area (Å²) in [5.74, 6) is -0.422. The van der Waals surface area contributed by atoms with Gasteiger partial charge in [-0.05, 0) is 25.1 Å². The van der Waals surface area contributed by atoms with E-state index in [-0.39, 0.29) is 0 Å². The maximum absolute atomic E-state index is 12.8. The van der Waals surface area contributed by atoms with E-state index in [1.807, 2.05) is 6.07 Å². The quantitative estimate of drug-likeness (QED) is 0.832. The predicted octanol–water partition coefficient (Wildman–Crippen LogP) is 2.20. The van der Waals surface area contributed by atoms with Gasteiger partial charge in [0.25, 0.3) is 0 Å². The van der Waals surface area contributed by atoms with Gasteiger partial charge in [-0.2, -0.15) is 5.26 Å². The molecular formula is C11H12FN3O. The summed E-state index contributed by atoms with van der Waals surface area (Å²) >= 11 is 0. The Bertz CT molecular complexity index is 427. The van der Waals surface area contributed by atoms with Crippen LogP contribution in [0.2, 0.25) is 0 Å². The lowest BCUT2D eigenvalue weighted by Crippen LogP contribution is -2.37. The number of amides is 2. The number of carbonyl (C=O) groups is 1. The van der Waals surface area contributed by atoms with Gasteiger partial charge in [-0.1, -0.05) is 6.07 Å². The highest BCUT2D eigenvalue weighted by Gasteiger charge is 2.14. The van der Waals surface area contributed by atoms with Crippen LogP contribution in [0.3, 0.4) is 0 Å². The van der Waals surface area contributed by atoms with Crippen LogP contribution < -0.4 is 5.32 Å². The maximum atomic E-state index is 12.8. The summed E-state index contributed by atoms with van der Waals surface area (Å²) in [5.41, 5.74) is 0.363. The van der Waals surface area contributed by atoms with Gasteiger partial charge in [-0.3, -0.25) is 0 Å². The number of hydrogen-bond acceptors (Lipinski definition) is 2. The Morgan fingerprint density at radius 3 is 2.88 bits per heavy atom. The summed E-state index contributed by atoms with van der Waals surface area (Å²) in [6.45, 7) is 1.60. The van der Waals surface area contributed by atoms with Crippen LogP contribution in [-0.4, -0.2) is 24.0 Å². The van der Waals surface area contributed by atoms with E-state index < -0.39 is 17.9 Å². The average Bonchev–Trinajstić information content (AvgIpc) is 2.27. The van der Waals surface area contributed by atoms with Crippen LogP contribution in [0.4, 0.5) is 14.9 Å². The third-order valence-electron chi connectivity index (χ3n) is 2.16. The molecule has 2 amide bonds. The number of nitrogens with one attached hydrogen (secondary N) is 1. The van der Waals surface area contributed by atoms with Crippen LogP contribution in [0.5, 0.6) is 0 Å². The fraction of sp³-hybridized carbons (Fsp3) is 0.273. The molecule has 0 aliphatic carbocycles. The molecule has 1 aromatic carbocycles. The maximum Gasteiger partial charge on any atom is 0.322 e. The molecule has 0 bridgehead atoms. The fourth-order valence-electron chi connectivity index (χ4n) is 1.04. The van der Waals surface area contributed by atoms with Crippen molar-refractivity contribution in [3.8, 4) is 6.07 Å². The molecule has 0 saturated heterocycles. The first kappa shape index (κ1) is 12.0. The third-order valence-corrected chi connectivity index (χ3v) is 2.16. The van der Waals surface area contributed by atoms with Crippen LogP contribution in [0, 0.1) is 17.1 Å². The molecule has 4 nitrogen and oxygen atoms in total. The van der Waals surface area contributed by atoms with Crippen LogP contribution in [0.15, 0.2) is 24.3 Å². The van der Waals surface area contributed by atoms with E-state index in [4.69, 9.17) is 5.26 Å². The van der Waals surface area contributed by atoms with E-state index in [2.05, 4.69) is 5.32 Å². The lowest BCUT2D eigenvalue weighted by molar-refractivity contribution is 0.217. The first-order valence-corrected chi connectivity index (χ1v) is 4.73. The van der Waals surface area contributed by atoms with Crippen molar-refractivity contribution >= 4 is 11.7 Å². The van der Waals surface area contributed by atoms with Crippen molar-refractivity contribution in [1.82, 2.24) is 4.90 Å². The van der Waals surface area contributed by atoms with Crippen molar-refractivity contribution in [2.75, 3.05) is 12.4 Å². The number of carbonyl (C=O) groups excluding carboxylic acids is 1. The molecule has 0 heterocycles. The molecule has 1 unspecified atom stereocenters. The number of halogens is 1. The minimum Gasteiger partial charge on any atom is -0.312 e. The minimum atomic E-state index is -0.534. The fourth-order valence-corrected chi connectivity index (χ4v) is 1.04. The van der Waals surface area contributed by atoms with E-state index in [1.54, 1.807) is 13.0 Å². The minimum absolute atomic E-state index is 0.363. The number of nitriles is 1. The molecule has 0 aliphatic rings. The van der Waals surface area contributed by atoms with Gasteiger partial charge in [0.15, 0.2) is 0 Å². The second-order valence-corrected chi connectivity index (χ2v) is 3.36. The Morgan fingerprint density at radius 2 is 2.31 bits per heavy atom. The van der Waals surface area contributed by atoms with Crippen molar-refractivity contribution < 1.29 is 9.18 Å². The highest BCUT2D eigenvalue weighted by molar-refractivity contribution is 5.89. The van der Waals surface area contributed by atoms with Crippen LogP contribution in [-0.2, 0) is 0 Å². The number of rotatable bonds is 2. The van der Waals surface area contributed by atoms with Crippen LogP contribution >= 0.6 is 0 Å². The zero-order chi connectivity index (χ0) is 12.1. The molecule has 0 aliphatic heterocycles. The second-order valence-electron chi connectivity index (χ2n) is 3.36. The number of hydrogen-bond donors (Lipinski definition) is 1. The summed E-state index contributed by atoms with van der Waals surface area (Å²) in [7, 11) is 1.50. The van der Waals surface area contributed by atoms with E-state index in [1.165, 1.54) is 30.1 Å². The van der Waals surface area contributed by atoms with Gasteiger partial charge in [-0.15, -0.1) is 0 Å². The van der Waals surface area contributed by atoms with Crippen molar-refractivity contribution in [3.63, 3.8) is 0 Å². The summed E-state index contributed by atoms with van der Waals surface area (Å²) < 4.78 is 12.8. The summed E-state index contributed by atoms with van der Waals surface area (Å²) in [5, 5.41) is 11.1. The van der Waals surface area contributed by atoms with Gasteiger partial charge in [-0.25, -0.2) is 9.18 Å². The SMILES string of the molecule is CC(C#N)N(C)C(=O)Nc1cccc(F)c1. The average molecular weight is 221 g/mol. The molecule has 1 atom stereocenters. The first-order valence-electron chi connectivity index (χ1n) is 4.73. The second kappa shape index (κ2) is 5.12. The molecular weight excluding hydrogens is 209 g/mol. The van der Waals surface area contributed by atoms with Gasteiger partial charge < -0.3 is 10.2 Å². The first-order chi connectivity index (χ1) is 7.54. The van der Waals surface area contributed by atoms with Crippen molar-refractivity contribution in [1.29, 1.82) is 5.26 Å². The van der Waals surface area contributed by atoms with Crippen molar-refractivity contribution in [3.05, 3.63) is 30.1 Å². The third kappa shape index (κ3) is 2.95. The molecule has 84 valence electrons. The van der Waals surface area contributed by atoms with E-state index in [0.29, 0.717) is 5.69 Å². The molecule has 0 aromatic heterocycles. The largest absolute Gasteiger partial charge is 0.322 e. The molecule has 1 rings (SSSR count). The predicted molar refractivity (Wildman–Crippen MR) is 58.3 cm³/mol. The lowest BCUT2D eigenvalue weighted by Gasteiger charge is -2.19. The molecule has 0 radical (unpaired) electrons. The number of anilines is 1. The number of benzene rings is 1. The smallest absolute Gasteiger partial charge is 0.312 e. The van der Waals surface area contributed by atoms with Crippen molar-refractivity contribution in [2.24, 2.45) is 0 Å². The molecule has 0 spiro atoms. The summed E-state index contributed by atoms with van der Waals surface area (Å²) in [6, 6.07) is 6.53. The Hall–Kier alpha value is -2.09. The highest BCUT2D eigenvalue weighted by atomic mass is 19.1. The highest BCUT2D eigenvalue weighted by Crippen LogP contribution is 2.10. The van der Waals surface area contributed by atoms with E-state index in [0.717, 1.165) is 0 Å². The van der Waals surface area contributed by atoms with Crippen molar-refractivity contribution in [2.45, 2.75) is 13.0 Å². The molecule has 0 fully saturated rings. The standard InChI is InChI=1S/C11H12FN3O/c1-8(7-13)15(2)11(16)14-10-5-3-4-9(12)6-10/h3-6,8H,1-2H3,(H,14,16). The number of nitrogens with zero attached hydrogens (tertiary/aromatic N) is 2. The summed E-state index contributed by atoms with van der Waals surface area (Å²) in [4.78, 5) is 12.8. The number of urea groups is 1. The molecule has 16 heavy (non-hydrogen) atoms. The van der Waals surface area contributed by atoms with E-state index >= 15 is 0 Å². The Morgan fingerprint density at radius 1 is 1.62 bits per heavy atom. The lowest BCUT2D eigenvalue weighted by atomic mass is 10.3. The Kier molecular flexibility index (Phi) is 3.84. The van der Waals surface area contributed by atoms with Gasteiger partial charge in [0.1, 0.15) is 11.9 Å². The topological polar surface area (TPSA) is 56.1 Å². The molecule has 1 N–H and O–H groups in total. The zero-order valence-corrected chi connectivity index (χ0v) is 9.07. The van der Waals surface area contributed by atoms with Crippen LogP contribution in [0.25, 0.3) is 0 Å². The molecule has 1 aromatic rings. The molecule has 0 saturated carbocycles. The van der Waals surface area contributed by atoms with Gasteiger partial charge in [0, 0.05) is 12.7 Å².